The fraction of sp³-hybridized carbons (Fsp3) is 0.300. The molecule has 8 heteroatoms. The molecule has 0 atom stereocenters. The summed E-state index contributed by atoms with van der Waals surface area (Å²) in [5.74, 6) is -1.36. The molecule has 0 fully saturated rings. The number of aromatic nitrogens is 2. The van der Waals surface area contributed by atoms with Crippen LogP contribution in [0.1, 0.15) is 41.2 Å². The summed E-state index contributed by atoms with van der Waals surface area (Å²) in [6.45, 7) is 7.06. The minimum absolute atomic E-state index is 0.0692. The number of hydrazine groups is 1. The van der Waals surface area contributed by atoms with E-state index in [1.165, 1.54) is 18.2 Å². The minimum Gasteiger partial charge on any atom is -0.485 e. The van der Waals surface area contributed by atoms with Crippen molar-refractivity contribution >= 4 is 11.6 Å². The van der Waals surface area contributed by atoms with E-state index >= 15 is 0 Å². The van der Waals surface area contributed by atoms with Gasteiger partial charge in [0.1, 0.15) is 23.9 Å². The first-order chi connectivity index (χ1) is 13.3. The number of nitrogens with zero attached hydrogens (tertiary/aromatic N) is 2. The van der Waals surface area contributed by atoms with Crippen molar-refractivity contribution < 1.29 is 18.3 Å². The monoisotopic (exact) mass is 388 g/mol. The third-order valence-electron chi connectivity index (χ3n) is 4.12. The highest BCUT2D eigenvalue weighted by Gasteiger charge is 2.20. The second-order valence-corrected chi connectivity index (χ2v) is 6.86. The fourth-order valence-corrected chi connectivity index (χ4v) is 2.83. The van der Waals surface area contributed by atoms with Crippen molar-refractivity contribution in [3.63, 3.8) is 0 Å². The molecule has 0 unspecified atom stereocenters. The van der Waals surface area contributed by atoms with Crippen LogP contribution in [0.25, 0.3) is 5.65 Å². The summed E-state index contributed by atoms with van der Waals surface area (Å²) < 4.78 is 35.0. The highest BCUT2D eigenvalue weighted by atomic mass is 19.1. The second kappa shape index (κ2) is 7.93. The Balaban J connectivity index is 1.96. The zero-order valence-corrected chi connectivity index (χ0v) is 16.1. The number of pyridine rings is 1. The molecule has 0 spiro atoms. The molecule has 0 saturated heterocycles. The number of carbonyl (C=O) groups excluding carboxylic acids is 1. The molecule has 0 radical (unpaired) electrons. The molecule has 2 aromatic heterocycles. The highest BCUT2D eigenvalue weighted by Crippen LogP contribution is 2.25. The summed E-state index contributed by atoms with van der Waals surface area (Å²) in [5, 5.41) is 0. The van der Waals surface area contributed by atoms with Crippen molar-refractivity contribution in [3.8, 4) is 5.75 Å². The van der Waals surface area contributed by atoms with Crippen molar-refractivity contribution in [2.24, 2.45) is 0 Å². The SMILES string of the molecule is Cc1cc(OCc2c(F)cccc2F)c2nc(C)c(C(=O)NNC(C)C)n2c1. The van der Waals surface area contributed by atoms with E-state index < -0.39 is 11.6 Å². The molecule has 3 aromatic rings. The van der Waals surface area contributed by atoms with E-state index in [9.17, 15) is 13.6 Å². The Hall–Kier alpha value is -3.00. The number of benzene rings is 1. The van der Waals surface area contributed by atoms with Gasteiger partial charge in [-0.2, -0.15) is 0 Å². The zero-order chi connectivity index (χ0) is 20.4. The maximum atomic E-state index is 13.9. The molecule has 0 aliphatic rings. The predicted molar refractivity (Wildman–Crippen MR) is 101 cm³/mol. The van der Waals surface area contributed by atoms with Crippen molar-refractivity contribution in [3.05, 3.63) is 64.6 Å². The van der Waals surface area contributed by atoms with Gasteiger partial charge in [-0.05, 0) is 51.5 Å². The molecule has 1 amide bonds. The average Bonchev–Trinajstić information content (AvgIpc) is 2.95. The highest BCUT2D eigenvalue weighted by molar-refractivity contribution is 5.94. The van der Waals surface area contributed by atoms with Crippen molar-refractivity contribution in [1.29, 1.82) is 0 Å². The molecule has 0 saturated carbocycles. The molecule has 1 aromatic carbocycles. The first-order valence-electron chi connectivity index (χ1n) is 8.88. The van der Waals surface area contributed by atoms with Crippen LogP contribution in [0, 0.1) is 25.5 Å². The predicted octanol–water partition coefficient (Wildman–Crippen LogP) is 3.45. The number of rotatable bonds is 6. The second-order valence-electron chi connectivity index (χ2n) is 6.86. The van der Waals surface area contributed by atoms with Crippen LogP contribution in [-0.4, -0.2) is 21.3 Å². The summed E-state index contributed by atoms with van der Waals surface area (Å²) in [6.07, 6.45) is 1.76. The van der Waals surface area contributed by atoms with Crippen LogP contribution in [-0.2, 0) is 6.61 Å². The van der Waals surface area contributed by atoms with Crippen LogP contribution in [0.2, 0.25) is 0 Å². The van der Waals surface area contributed by atoms with Crippen LogP contribution >= 0.6 is 0 Å². The summed E-state index contributed by atoms with van der Waals surface area (Å²) in [6, 6.07) is 5.44. The Labute approximate surface area is 161 Å². The van der Waals surface area contributed by atoms with Crippen LogP contribution < -0.4 is 15.6 Å². The lowest BCUT2D eigenvalue weighted by molar-refractivity contribution is 0.0921. The van der Waals surface area contributed by atoms with E-state index in [1.54, 1.807) is 23.6 Å². The fourth-order valence-electron chi connectivity index (χ4n) is 2.83. The lowest BCUT2D eigenvalue weighted by Gasteiger charge is -2.12. The van der Waals surface area contributed by atoms with Gasteiger partial charge in [0.25, 0.3) is 5.91 Å². The van der Waals surface area contributed by atoms with E-state index in [1.807, 2.05) is 20.8 Å². The van der Waals surface area contributed by atoms with Gasteiger partial charge in [0.05, 0.1) is 11.3 Å². The maximum absolute atomic E-state index is 13.9. The van der Waals surface area contributed by atoms with E-state index in [2.05, 4.69) is 15.8 Å². The van der Waals surface area contributed by atoms with Crippen molar-refractivity contribution in [2.75, 3.05) is 0 Å². The smallest absolute Gasteiger partial charge is 0.284 e. The van der Waals surface area contributed by atoms with E-state index in [0.717, 1.165) is 5.56 Å². The number of carbonyl (C=O) groups is 1. The summed E-state index contributed by atoms with van der Waals surface area (Å²) >= 11 is 0. The van der Waals surface area contributed by atoms with Gasteiger partial charge in [-0.3, -0.25) is 14.6 Å². The third kappa shape index (κ3) is 3.96. The summed E-state index contributed by atoms with van der Waals surface area (Å²) in [4.78, 5) is 17.0. The molecule has 3 rings (SSSR count). The molecule has 0 aliphatic heterocycles. The van der Waals surface area contributed by atoms with Gasteiger partial charge < -0.3 is 4.74 Å². The molecule has 148 valence electrons. The number of hydrogen-bond donors (Lipinski definition) is 2. The number of fused-ring (bicyclic) bond motifs is 1. The molecule has 6 nitrogen and oxygen atoms in total. The summed E-state index contributed by atoms with van der Waals surface area (Å²) in [5.41, 5.74) is 7.40. The quantitative estimate of drug-likeness (QED) is 0.635. The van der Waals surface area contributed by atoms with Gasteiger partial charge in [-0.1, -0.05) is 6.07 Å². The Morgan fingerprint density at radius 1 is 1.25 bits per heavy atom. The van der Waals surface area contributed by atoms with Gasteiger partial charge >= 0.3 is 0 Å². The zero-order valence-electron chi connectivity index (χ0n) is 16.1. The van der Waals surface area contributed by atoms with Gasteiger partial charge in [-0.25, -0.2) is 19.2 Å². The number of aryl methyl sites for hydroxylation is 2. The van der Waals surface area contributed by atoms with Crippen molar-refractivity contribution in [2.45, 2.75) is 40.3 Å². The van der Waals surface area contributed by atoms with Gasteiger partial charge in [0.2, 0.25) is 0 Å². The van der Waals surface area contributed by atoms with Crippen LogP contribution in [0.15, 0.2) is 30.5 Å². The Kier molecular flexibility index (Phi) is 5.60. The standard InChI is InChI=1S/C20H22F2N4O2/c1-11(2)24-25-20(27)18-13(4)23-19-17(8-12(3)9-26(18)19)28-10-14-15(21)6-5-7-16(14)22/h5-9,11,24H,10H2,1-4H3,(H,25,27). The van der Waals surface area contributed by atoms with Crippen LogP contribution in [0.4, 0.5) is 8.78 Å². The molecular weight excluding hydrogens is 366 g/mol. The molecule has 28 heavy (non-hydrogen) atoms. The average molecular weight is 388 g/mol. The lowest BCUT2D eigenvalue weighted by Crippen LogP contribution is -2.42. The maximum Gasteiger partial charge on any atom is 0.284 e. The Morgan fingerprint density at radius 3 is 2.57 bits per heavy atom. The van der Waals surface area contributed by atoms with Crippen LogP contribution in [0.3, 0.4) is 0 Å². The minimum atomic E-state index is -0.678. The first kappa shape index (κ1) is 19.8. The van der Waals surface area contributed by atoms with Crippen molar-refractivity contribution in [1.82, 2.24) is 20.2 Å². The number of imidazole rings is 1. The Bertz CT molecular complexity index is 1010. The van der Waals surface area contributed by atoms with Crippen LogP contribution in [0.5, 0.6) is 5.75 Å². The van der Waals surface area contributed by atoms with Gasteiger partial charge in [0.15, 0.2) is 11.4 Å². The number of amides is 1. The van der Waals surface area contributed by atoms with E-state index in [0.29, 0.717) is 22.8 Å². The third-order valence-corrected chi connectivity index (χ3v) is 4.12. The van der Waals surface area contributed by atoms with Gasteiger partial charge in [0, 0.05) is 12.2 Å². The lowest BCUT2D eigenvalue weighted by atomic mass is 10.2. The molecule has 2 N–H and O–H groups in total. The number of halogens is 2. The first-order valence-corrected chi connectivity index (χ1v) is 8.88. The topological polar surface area (TPSA) is 67.7 Å². The van der Waals surface area contributed by atoms with E-state index in [-0.39, 0.29) is 24.1 Å². The van der Waals surface area contributed by atoms with Gasteiger partial charge in [-0.15, -0.1) is 0 Å². The normalized spacial score (nSPS) is 11.2. The molecular formula is C20H22F2N4O2. The Morgan fingerprint density at radius 2 is 1.93 bits per heavy atom. The number of ether oxygens (including phenoxy) is 1. The molecule has 2 heterocycles. The largest absolute Gasteiger partial charge is 0.485 e. The summed E-state index contributed by atoms with van der Waals surface area (Å²) in [7, 11) is 0. The molecule has 0 bridgehead atoms. The van der Waals surface area contributed by atoms with E-state index in [4.69, 9.17) is 4.74 Å². The number of nitrogens with one attached hydrogen (secondary N) is 2. The number of hydrogen-bond acceptors (Lipinski definition) is 4. The molecule has 0 aliphatic carbocycles.